The fraction of sp³-hybridized carbons (Fsp3) is 0.321. The molecule has 32 heavy (non-hydrogen) atoms. The Morgan fingerprint density at radius 2 is 1.72 bits per heavy atom. The first kappa shape index (κ1) is 24.2. The van der Waals surface area contributed by atoms with Crippen molar-refractivity contribution < 1.29 is 9.47 Å². The van der Waals surface area contributed by atoms with Crippen LogP contribution in [0.4, 0.5) is 5.69 Å². The predicted octanol–water partition coefficient (Wildman–Crippen LogP) is 6.97. The smallest absolute Gasteiger partial charge is 0.188 e. The summed E-state index contributed by atoms with van der Waals surface area (Å²) in [5.74, 6) is 0.947. The van der Waals surface area contributed by atoms with Gasteiger partial charge < -0.3 is 9.47 Å². The van der Waals surface area contributed by atoms with Crippen LogP contribution in [0.2, 0.25) is 0 Å². The van der Waals surface area contributed by atoms with E-state index in [4.69, 9.17) is 14.5 Å². The first-order valence-electron chi connectivity index (χ1n) is 11.1. The van der Waals surface area contributed by atoms with E-state index in [1.165, 1.54) is 27.6 Å². The van der Waals surface area contributed by atoms with Gasteiger partial charge in [-0.15, -0.1) is 0 Å². The number of para-hydroxylation sites is 1. The van der Waals surface area contributed by atoms with Crippen LogP contribution < -0.4 is 10.0 Å². The van der Waals surface area contributed by atoms with Crippen molar-refractivity contribution in [2.75, 3.05) is 13.9 Å². The van der Waals surface area contributed by atoms with Crippen LogP contribution in [-0.2, 0) is 9.89 Å². The van der Waals surface area contributed by atoms with Crippen LogP contribution in [0.25, 0.3) is 0 Å². The molecule has 0 radical (unpaired) electrons. The minimum atomic E-state index is -0.0681. The molecule has 0 saturated carbocycles. The van der Waals surface area contributed by atoms with E-state index in [9.17, 15) is 0 Å². The molecule has 0 bridgehead atoms. The van der Waals surface area contributed by atoms with Crippen LogP contribution in [0.3, 0.4) is 0 Å². The van der Waals surface area contributed by atoms with Crippen molar-refractivity contribution in [2.24, 2.45) is 4.99 Å². The Hall–Kier alpha value is -2.48. The molecule has 0 aromatic heterocycles. The number of benzene rings is 3. The summed E-state index contributed by atoms with van der Waals surface area (Å²) in [6.07, 6.45) is 3.01. The highest BCUT2D eigenvalue weighted by atomic mass is 31.1. The number of hydrogen-bond acceptors (Lipinski definition) is 3. The number of methoxy groups -OCH3 is 1. The lowest BCUT2D eigenvalue weighted by atomic mass is 9.92. The normalized spacial score (nSPS) is 13.7. The van der Waals surface area contributed by atoms with E-state index < -0.39 is 0 Å². The molecule has 0 heterocycles. The fourth-order valence-corrected chi connectivity index (χ4v) is 5.54. The van der Waals surface area contributed by atoms with E-state index in [0.29, 0.717) is 8.58 Å². The number of aliphatic imine (C=N–C) groups is 1. The Kier molecular flexibility index (Phi) is 8.23. The van der Waals surface area contributed by atoms with Gasteiger partial charge in [0.15, 0.2) is 6.79 Å². The van der Waals surface area contributed by atoms with Gasteiger partial charge in [0.2, 0.25) is 0 Å². The van der Waals surface area contributed by atoms with Crippen molar-refractivity contribution in [1.29, 1.82) is 0 Å². The number of ether oxygens (including phenoxy) is 2. The van der Waals surface area contributed by atoms with Gasteiger partial charge in [-0.3, -0.25) is 4.99 Å². The first-order chi connectivity index (χ1) is 15.4. The highest BCUT2D eigenvalue weighted by Crippen LogP contribution is 2.49. The molecule has 0 aliphatic carbocycles. The summed E-state index contributed by atoms with van der Waals surface area (Å²) in [4.78, 5) is 4.73. The third-order valence-electron chi connectivity index (χ3n) is 5.86. The SMILES string of the molecule is CCC(C)(Pc1c(C)cccc1/C=N/c1ccccc1)c1cc(C)cc(C)c1OCOC. The molecule has 2 unspecified atom stereocenters. The second kappa shape index (κ2) is 10.9. The molecule has 0 N–H and O–H groups in total. The molecular weight excluding hydrogens is 413 g/mol. The molecule has 3 rings (SSSR count). The third-order valence-corrected chi connectivity index (χ3v) is 7.96. The van der Waals surface area contributed by atoms with E-state index >= 15 is 0 Å². The maximum absolute atomic E-state index is 6.08. The van der Waals surface area contributed by atoms with Gasteiger partial charge in [0, 0.05) is 29.6 Å². The molecule has 0 fully saturated rings. The zero-order valence-electron chi connectivity index (χ0n) is 20.0. The average Bonchev–Trinajstić information content (AvgIpc) is 2.79. The standard InChI is InChI=1S/C28H34NO2P/c1-7-28(5,25-17-20(2)16-22(4)26(25)31-19-30-6)32-27-21(3)12-11-13-23(27)18-29-24-14-9-8-10-15-24/h8-18,32H,7,19H2,1-6H3/b29-18+. The lowest BCUT2D eigenvalue weighted by molar-refractivity contribution is 0.0495. The summed E-state index contributed by atoms with van der Waals surface area (Å²) >= 11 is 0. The Morgan fingerprint density at radius 1 is 0.969 bits per heavy atom. The van der Waals surface area contributed by atoms with Gasteiger partial charge in [-0.1, -0.05) is 76.5 Å². The quantitative estimate of drug-likeness (QED) is 0.201. The van der Waals surface area contributed by atoms with Gasteiger partial charge in [-0.05, 0) is 55.8 Å². The van der Waals surface area contributed by atoms with E-state index in [1.807, 2.05) is 36.5 Å². The van der Waals surface area contributed by atoms with Crippen LogP contribution in [0.5, 0.6) is 5.75 Å². The van der Waals surface area contributed by atoms with Crippen LogP contribution >= 0.6 is 8.58 Å². The van der Waals surface area contributed by atoms with Crippen LogP contribution in [-0.4, -0.2) is 20.1 Å². The zero-order chi connectivity index (χ0) is 23.1. The molecule has 0 spiro atoms. The molecule has 0 amide bonds. The maximum Gasteiger partial charge on any atom is 0.188 e. The fourth-order valence-electron chi connectivity index (χ4n) is 3.92. The van der Waals surface area contributed by atoms with E-state index in [1.54, 1.807) is 7.11 Å². The molecule has 3 aromatic rings. The highest BCUT2D eigenvalue weighted by molar-refractivity contribution is 7.49. The number of aryl methyl sites for hydroxylation is 3. The minimum Gasteiger partial charge on any atom is -0.467 e. The van der Waals surface area contributed by atoms with Gasteiger partial charge in [-0.2, -0.15) is 0 Å². The summed E-state index contributed by atoms with van der Waals surface area (Å²) in [7, 11) is 2.24. The van der Waals surface area contributed by atoms with E-state index in [0.717, 1.165) is 23.4 Å². The molecule has 0 saturated heterocycles. The Labute approximate surface area is 194 Å². The van der Waals surface area contributed by atoms with Crippen LogP contribution in [0.1, 0.15) is 48.1 Å². The predicted molar refractivity (Wildman–Crippen MR) is 139 cm³/mol. The number of hydrogen-bond donors (Lipinski definition) is 0. The van der Waals surface area contributed by atoms with Crippen LogP contribution in [0, 0.1) is 20.8 Å². The van der Waals surface area contributed by atoms with Crippen molar-refractivity contribution in [3.05, 3.63) is 88.5 Å². The Bertz CT molecular complexity index is 1080. The van der Waals surface area contributed by atoms with E-state index in [-0.39, 0.29) is 11.9 Å². The van der Waals surface area contributed by atoms with Crippen molar-refractivity contribution in [1.82, 2.24) is 0 Å². The molecular formula is C28H34NO2P. The average molecular weight is 448 g/mol. The largest absolute Gasteiger partial charge is 0.467 e. The summed E-state index contributed by atoms with van der Waals surface area (Å²) in [6.45, 7) is 11.3. The molecule has 168 valence electrons. The molecule has 3 nitrogen and oxygen atoms in total. The molecule has 3 aromatic carbocycles. The van der Waals surface area contributed by atoms with Crippen molar-refractivity contribution in [2.45, 2.75) is 46.2 Å². The molecule has 0 aliphatic rings. The molecule has 4 heteroatoms. The lowest BCUT2D eigenvalue weighted by Gasteiger charge is -2.33. The van der Waals surface area contributed by atoms with Gasteiger partial charge in [0.1, 0.15) is 5.75 Å². The summed E-state index contributed by atoms with van der Waals surface area (Å²) in [5, 5.41) is 1.29. The summed E-state index contributed by atoms with van der Waals surface area (Å²) in [5.41, 5.74) is 7.09. The van der Waals surface area contributed by atoms with Crippen molar-refractivity contribution in [3.63, 3.8) is 0 Å². The van der Waals surface area contributed by atoms with Gasteiger partial charge in [0.05, 0.1) is 5.69 Å². The topological polar surface area (TPSA) is 30.8 Å². The Balaban J connectivity index is 2.04. The third kappa shape index (κ3) is 5.65. The molecule has 2 atom stereocenters. The summed E-state index contributed by atoms with van der Waals surface area (Å²) < 4.78 is 11.3. The first-order valence-corrected chi connectivity index (χ1v) is 12.1. The van der Waals surface area contributed by atoms with Gasteiger partial charge in [0.25, 0.3) is 0 Å². The second-order valence-electron chi connectivity index (χ2n) is 8.45. The number of rotatable bonds is 9. The van der Waals surface area contributed by atoms with Crippen molar-refractivity contribution >= 4 is 25.8 Å². The lowest BCUT2D eigenvalue weighted by Crippen LogP contribution is -2.23. The maximum atomic E-state index is 6.08. The molecule has 0 aliphatic heterocycles. The van der Waals surface area contributed by atoms with E-state index in [2.05, 4.69) is 65.0 Å². The minimum absolute atomic E-state index is 0.0681. The Morgan fingerprint density at radius 3 is 2.41 bits per heavy atom. The van der Waals surface area contributed by atoms with Gasteiger partial charge in [-0.25, -0.2) is 0 Å². The number of nitrogens with zero attached hydrogens (tertiary/aromatic N) is 1. The van der Waals surface area contributed by atoms with Crippen LogP contribution in [0.15, 0.2) is 65.7 Å². The second-order valence-corrected chi connectivity index (χ2v) is 10.3. The van der Waals surface area contributed by atoms with Gasteiger partial charge >= 0.3 is 0 Å². The monoisotopic (exact) mass is 447 g/mol. The summed E-state index contributed by atoms with van der Waals surface area (Å²) in [6, 6.07) is 21.0. The zero-order valence-corrected chi connectivity index (χ0v) is 21.0. The highest BCUT2D eigenvalue weighted by Gasteiger charge is 2.31. The van der Waals surface area contributed by atoms with Crippen molar-refractivity contribution in [3.8, 4) is 5.75 Å².